The van der Waals surface area contributed by atoms with Crippen molar-refractivity contribution in [3.05, 3.63) is 94.2 Å². The SMILES string of the molecule is Cc1cc2c(C)c(C)c(C(=O)O)c(=O)n2c(C)c1C.Cc1cc2c(c(C)c1C)c(=O)c(C)c(C)n2C.[Y]. The first-order chi connectivity index (χ1) is 16.6. The number of carboxylic acid groups (broad SMARTS) is 1. The molecule has 4 aromatic rings. The summed E-state index contributed by atoms with van der Waals surface area (Å²) in [4.78, 5) is 36.1. The number of fused-ring (bicyclic) bond motifs is 2. The third-order valence-electron chi connectivity index (χ3n) is 8.13. The fourth-order valence-corrected chi connectivity index (χ4v) is 4.85. The predicted molar refractivity (Wildman–Crippen MR) is 147 cm³/mol. The third-order valence-corrected chi connectivity index (χ3v) is 8.13. The van der Waals surface area contributed by atoms with Crippen LogP contribution in [0.4, 0.5) is 0 Å². The molecule has 3 heterocycles. The first-order valence-electron chi connectivity index (χ1n) is 12.1. The molecule has 1 aromatic carbocycles. The number of nitrogens with zero attached hydrogens (tertiary/aromatic N) is 2. The van der Waals surface area contributed by atoms with Crippen molar-refractivity contribution in [2.75, 3.05) is 0 Å². The van der Waals surface area contributed by atoms with Gasteiger partial charge in [0, 0.05) is 62.1 Å². The molecular formula is C30H36N2O4Y. The summed E-state index contributed by atoms with van der Waals surface area (Å²) in [6.45, 7) is 19.4. The van der Waals surface area contributed by atoms with E-state index in [2.05, 4.69) is 24.5 Å². The molecule has 0 aliphatic carbocycles. The molecule has 0 atom stereocenters. The maximum atomic E-state index is 12.4. The van der Waals surface area contributed by atoms with Gasteiger partial charge >= 0.3 is 5.97 Å². The summed E-state index contributed by atoms with van der Waals surface area (Å²) in [5, 5.41) is 10.1. The van der Waals surface area contributed by atoms with Gasteiger partial charge in [0.05, 0.1) is 11.0 Å². The molecule has 0 aliphatic rings. The average Bonchev–Trinajstić information content (AvgIpc) is 2.81. The molecule has 0 spiro atoms. The van der Waals surface area contributed by atoms with Crippen LogP contribution in [-0.4, -0.2) is 20.0 Å². The minimum atomic E-state index is -1.17. The third kappa shape index (κ3) is 4.98. The van der Waals surface area contributed by atoms with Crippen LogP contribution in [0.1, 0.15) is 66.3 Å². The van der Waals surface area contributed by atoms with Gasteiger partial charge in [0.2, 0.25) is 0 Å². The van der Waals surface area contributed by atoms with E-state index in [1.54, 1.807) is 6.92 Å². The van der Waals surface area contributed by atoms with Gasteiger partial charge in [-0.05, 0) is 120 Å². The number of aromatic carboxylic acids is 1. The van der Waals surface area contributed by atoms with Gasteiger partial charge in [0.25, 0.3) is 5.56 Å². The zero-order valence-corrected chi connectivity index (χ0v) is 26.6. The molecule has 1 radical (unpaired) electrons. The van der Waals surface area contributed by atoms with E-state index in [-0.39, 0.29) is 43.7 Å². The second kappa shape index (κ2) is 11.0. The van der Waals surface area contributed by atoms with Gasteiger partial charge in [-0.2, -0.15) is 0 Å². The maximum Gasteiger partial charge on any atom is 0.341 e. The Morgan fingerprint density at radius 3 is 1.73 bits per heavy atom. The van der Waals surface area contributed by atoms with Crippen molar-refractivity contribution in [3.8, 4) is 0 Å². The summed E-state index contributed by atoms with van der Waals surface area (Å²) >= 11 is 0. The molecule has 0 saturated heterocycles. The van der Waals surface area contributed by atoms with Crippen molar-refractivity contribution >= 4 is 22.4 Å². The van der Waals surface area contributed by atoms with E-state index < -0.39 is 11.5 Å². The van der Waals surface area contributed by atoms with Crippen molar-refractivity contribution in [1.82, 2.24) is 8.97 Å². The standard InChI is InChI=1S/C15H17NO3.C15H19NO.Y/c1-7-6-12-9(3)10(4)13(15(18)19)14(17)16(12)11(5)8(7)2;1-8-7-13-14(10(3)9(8)2)15(17)11(4)12(5)16(13)6;/h6H,1-5H3,(H,18,19);7H,1-6H3;. The molecule has 3 aromatic heterocycles. The normalized spacial score (nSPS) is 10.8. The van der Waals surface area contributed by atoms with Crippen LogP contribution in [0.2, 0.25) is 0 Å². The van der Waals surface area contributed by atoms with Gasteiger partial charge in [-0.15, -0.1) is 0 Å². The summed E-state index contributed by atoms with van der Waals surface area (Å²) in [5.74, 6) is -1.17. The van der Waals surface area contributed by atoms with E-state index in [0.29, 0.717) is 5.56 Å². The number of benzene rings is 1. The molecular weight excluding hydrogens is 541 g/mol. The van der Waals surface area contributed by atoms with Gasteiger partial charge in [-0.1, -0.05) is 0 Å². The first-order valence-corrected chi connectivity index (χ1v) is 12.1. The molecule has 0 bridgehead atoms. The Balaban J connectivity index is 0.000000255. The topological polar surface area (TPSA) is 80.8 Å². The van der Waals surface area contributed by atoms with Gasteiger partial charge in [-0.3, -0.25) is 14.0 Å². The molecule has 0 fully saturated rings. The maximum absolute atomic E-state index is 12.4. The quantitative estimate of drug-likeness (QED) is 0.319. The number of hydrogen-bond acceptors (Lipinski definition) is 3. The average molecular weight is 578 g/mol. The van der Waals surface area contributed by atoms with E-state index in [4.69, 9.17) is 0 Å². The van der Waals surface area contributed by atoms with Crippen molar-refractivity contribution in [1.29, 1.82) is 0 Å². The molecule has 0 unspecified atom stereocenters. The van der Waals surface area contributed by atoms with Crippen LogP contribution < -0.4 is 11.0 Å². The fraction of sp³-hybridized carbons (Fsp3) is 0.367. The summed E-state index contributed by atoms with van der Waals surface area (Å²) in [5.41, 5.74) is 11.2. The zero-order valence-electron chi connectivity index (χ0n) is 23.8. The second-order valence-electron chi connectivity index (χ2n) is 9.93. The number of carbonyl (C=O) groups is 1. The van der Waals surface area contributed by atoms with E-state index in [0.717, 1.165) is 55.6 Å². The van der Waals surface area contributed by atoms with Crippen LogP contribution in [0.15, 0.2) is 21.7 Å². The molecule has 1 N–H and O–H groups in total. The van der Waals surface area contributed by atoms with Crippen LogP contribution in [0.25, 0.3) is 16.4 Å². The monoisotopic (exact) mass is 577 g/mol. The molecule has 0 saturated carbocycles. The van der Waals surface area contributed by atoms with Crippen LogP contribution in [0.5, 0.6) is 0 Å². The first kappa shape index (κ1) is 30.7. The molecule has 7 heteroatoms. The van der Waals surface area contributed by atoms with Crippen LogP contribution in [0.3, 0.4) is 0 Å². The number of aromatic nitrogens is 2. The van der Waals surface area contributed by atoms with Crippen molar-refractivity contribution < 1.29 is 42.6 Å². The summed E-state index contributed by atoms with van der Waals surface area (Å²) in [6.07, 6.45) is 0. The molecule has 0 amide bonds. The minimum Gasteiger partial charge on any atom is -0.477 e. The van der Waals surface area contributed by atoms with Crippen molar-refractivity contribution in [3.63, 3.8) is 0 Å². The Bertz CT molecular complexity index is 1710. The number of aryl methyl sites for hydroxylation is 6. The molecule has 4 rings (SSSR count). The van der Waals surface area contributed by atoms with Gasteiger partial charge < -0.3 is 9.67 Å². The van der Waals surface area contributed by atoms with E-state index in [1.807, 2.05) is 61.6 Å². The Hall–Kier alpha value is -2.57. The predicted octanol–water partition coefficient (Wildman–Crippen LogP) is 5.62. The Kier molecular flexibility index (Phi) is 9.15. The van der Waals surface area contributed by atoms with Crippen molar-refractivity contribution in [2.24, 2.45) is 7.05 Å². The summed E-state index contributed by atoms with van der Waals surface area (Å²) in [6, 6.07) is 4.06. The van der Waals surface area contributed by atoms with E-state index >= 15 is 0 Å². The summed E-state index contributed by atoms with van der Waals surface area (Å²) in [7, 11) is 2.03. The molecule has 6 nitrogen and oxygen atoms in total. The number of hydrogen-bond donors (Lipinski definition) is 1. The fourth-order valence-electron chi connectivity index (χ4n) is 4.85. The van der Waals surface area contributed by atoms with Crippen molar-refractivity contribution in [2.45, 2.75) is 69.2 Å². The van der Waals surface area contributed by atoms with Crippen LogP contribution in [0, 0.1) is 69.2 Å². The number of rotatable bonds is 1. The van der Waals surface area contributed by atoms with Gasteiger partial charge in [0.1, 0.15) is 5.56 Å². The Morgan fingerprint density at radius 1 is 0.676 bits per heavy atom. The van der Waals surface area contributed by atoms with Gasteiger partial charge in [-0.25, -0.2) is 4.79 Å². The molecule has 37 heavy (non-hydrogen) atoms. The van der Waals surface area contributed by atoms with E-state index in [9.17, 15) is 19.5 Å². The van der Waals surface area contributed by atoms with E-state index in [1.165, 1.54) is 15.5 Å². The minimum absolute atomic E-state index is 0. The Labute approximate surface area is 243 Å². The zero-order chi connectivity index (χ0) is 27.4. The molecule has 193 valence electrons. The second-order valence-corrected chi connectivity index (χ2v) is 9.93. The molecule has 0 aliphatic heterocycles. The van der Waals surface area contributed by atoms with Crippen LogP contribution >= 0.6 is 0 Å². The largest absolute Gasteiger partial charge is 0.477 e. The number of carboxylic acids is 1. The number of pyridine rings is 3. The smallest absolute Gasteiger partial charge is 0.341 e. The Morgan fingerprint density at radius 2 is 1.19 bits per heavy atom. The van der Waals surface area contributed by atoms with Crippen LogP contribution in [-0.2, 0) is 39.8 Å². The summed E-state index contributed by atoms with van der Waals surface area (Å²) < 4.78 is 3.62. The van der Waals surface area contributed by atoms with Gasteiger partial charge in [0.15, 0.2) is 5.43 Å².